The van der Waals surface area contributed by atoms with Gasteiger partial charge in [-0.25, -0.2) is 0 Å². The predicted octanol–water partition coefficient (Wildman–Crippen LogP) is 6.69. The van der Waals surface area contributed by atoms with Crippen molar-refractivity contribution in [3.8, 4) is 34.0 Å². The molecule has 0 unspecified atom stereocenters. The van der Waals surface area contributed by atoms with E-state index in [1.54, 1.807) is 36.4 Å². The number of halogens is 3. The van der Waals surface area contributed by atoms with Gasteiger partial charge in [0.2, 0.25) is 5.82 Å². The van der Waals surface area contributed by atoms with Crippen LogP contribution in [0.2, 0.25) is 0 Å². The van der Waals surface area contributed by atoms with Crippen molar-refractivity contribution in [2.24, 2.45) is 0 Å². The second kappa shape index (κ2) is 8.83. The van der Waals surface area contributed by atoms with Crippen molar-refractivity contribution in [3.63, 3.8) is 0 Å². The van der Waals surface area contributed by atoms with Crippen LogP contribution in [0, 0.1) is 0 Å². The Hall–Kier alpha value is -3.45. The molecule has 3 aromatic carbocycles. The van der Waals surface area contributed by atoms with Gasteiger partial charge in [0.25, 0.3) is 5.89 Å². The van der Waals surface area contributed by atoms with Crippen LogP contribution >= 0.6 is 0 Å². The molecule has 5 rings (SSSR count). The first-order valence-corrected chi connectivity index (χ1v) is 10.9. The number of nitrogens with zero attached hydrogens (tertiary/aromatic N) is 3. The smallest absolute Gasteiger partial charge is 0.334 e. The average molecular weight is 449 g/mol. The fourth-order valence-corrected chi connectivity index (χ4v) is 4.20. The van der Waals surface area contributed by atoms with Gasteiger partial charge in [0, 0.05) is 17.7 Å². The average Bonchev–Trinajstić information content (AvgIpc) is 3.52. The van der Waals surface area contributed by atoms with Crippen LogP contribution in [0.4, 0.5) is 13.2 Å². The summed E-state index contributed by atoms with van der Waals surface area (Å²) < 4.78 is 46.8. The van der Waals surface area contributed by atoms with Crippen LogP contribution in [0.1, 0.15) is 24.0 Å². The summed E-state index contributed by atoms with van der Waals surface area (Å²) in [6.07, 6.45) is -2.03. The Morgan fingerprint density at radius 2 is 1.52 bits per heavy atom. The monoisotopic (exact) mass is 449 g/mol. The van der Waals surface area contributed by atoms with E-state index in [1.165, 1.54) is 24.5 Å². The summed E-state index contributed by atoms with van der Waals surface area (Å²) in [6, 6.07) is 20.5. The van der Waals surface area contributed by atoms with Crippen molar-refractivity contribution < 1.29 is 17.7 Å². The Morgan fingerprint density at radius 1 is 0.818 bits per heavy atom. The lowest BCUT2D eigenvalue weighted by atomic mass is 9.97. The lowest BCUT2D eigenvalue weighted by Gasteiger charge is -2.14. The van der Waals surface area contributed by atoms with E-state index in [-0.39, 0.29) is 17.0 Å². The number of aromatic nitrogens is 2. The summed E-state index contributed by atoms with van der Waals surface area (Å²) in [4.78, 5) is 6.77. The van der Waals surface area contributed by atoms with Gasteiger partial charge in [0.05, 0.1) is 5.56 Å². The topological polar surface area (TPSA) is 42.2 Å². The normalized spacial score (nSPS) is 14.6. The molecule has 1 fully saturated rings. The van der Waals surface area contributed by atoms with Crippen LogP contribution in [0.25, 0.3) is 34.0 Å². The van der Waals surface area contributed by atoms with Crippen molar-refractivity contribution in [1.82, 2.24) is 15.0 Å². The Kier molecular flexibility index (Phi) is 5.72. The second-order valence-corrected chi connectivity index (χ2v) is 8.23. The van der Waals surface area contributed by atoms with E-state index >= 15 is 0 Å². The van der Waals surface area contributed by atoms with Crippen molar-refractivity contribution in [1.29, 1.82) is 0 Å². The van der Waals surface area contributed by atoms with Crippen LogP contribution in [0.5, 0.6) is 0 Å². The lowest BCUT2D eigenvalue weighted by Crippen LogP contribution is -2.18. The molecule has 4 aromatic rings. The SMILES string of the molecule is FC(F)(F)c1cc(-c2nc(-c3ccc(CN4CCCC4)cc3)no2)ccc1-c1ccccc1. The zero-order valence-corrected chi connectivity index (χ0v) is 17.8. The minimum absolute atomic E-state index is 0.0521. The van der Waals surface area contributed by atoms with Crippen LogP contribution in [0.15, 0.2) is 77.3 Å². The maximum absolute atomic E-state index is 13.8. The highest BCUT2D eigenvalue weighted by Crippen LogP contribution is 2.39. The molecule has 1 aliphatic rings. The van der Waals surface area contributed by atoms with E-state index < -0.39 is 11.7 Å². The summed E-state index contributed by atoms with van der Waals surface area (Å²) in [5.41, 5.74) is 2.06. The van der Waals surface area contributed by atoms with E-state index in [9.17, 15) is 13.2 Å². The molecule has 0 atom stereocenters. The van der Waals surface area contributed by atoms with E-state index in [2.05, 4.69) is 15.0 Å². The fraction of sp³-hybridized carbons (Fsp3) is 0.231. The largest absolute Gasteiger partial charge is 0.417 e. The van der Waals surface area contributed by atoms with Gasteiger partial charge in [0.1, 0.15) is 0 Å². The van der Waals surface area contributed by atoms with E-state index in [1.807, 2.05) is 24.3 Å². The minimum Gasteiger partial charge on any atom is -0.334 e. The molecule has 0 spiro atoms. The van der Waals surface area contributed by atoms with Crippen LogP contribution in [-0.4, -0.2) is 28.1 Å². The van der Waals surface area contributed by atoms with Crippen molar-refractivity contribution in [2.45, 2.75) is 25.6 Å². The predicted molar refractivity (Wildman–Crippen MR) is 120 cm³/mol. The van der Waals surface area contributed by atoms with Crippen LogP contribution in [0.3, 0.4) is 0 Å². The quantitative estimate of drug-likeness (QED) is 0.341. The molecule has 0 aliphatic carbocycles. The number of rotatable bonds is 5. The van der Waals surface area contributed by atoms with Crippen LogP contribution in [-0.2, 0) is 12.7 Å². The summed E-state index contributed by atoms with van der Waals surface area (Å²) in [5.74, 6) is 0.398. The molecule has 0 amide bonds. The molecule has 0 bridgehead atoms. The Bertz CT molecular complexity index is 1230. The summed E-state index contributed by atoms with van der Waals surface area (Å²) in [6.45, 7) is 3.16. The van der Waals surface area contributed by atoms with E-state index in [0.717, 1.165) is 31.3 Å². The molecule has 1 aliphatic heterocycles. The molecule has 7 heteroatoms. The molecule has 2 heterocycles. The second-order valence-electron chi connectivity index (χ2n) is 8.23. The molecule has 1 saturated heterocycles. The van der Waals surface area contributed by atoms with E-state index in [0.29, 0.717) is 11.4 Å². The molecule has 0 saturated carbocycles. The van der Waals surface area contributed by atoms with Gasteiger partial charge >= 0.3 is 6.18 Å². The highest BCUT2D eigenvalue weighted by Gasteiger charge is 2.34. The molecule has 33 heavy (non-hydrogen) atoms. The third kappa shape index (κ3) is 4.68. The molecule has 4 nitrogen and oxygen atoms in total. The van der Waals surface area contributed by atoms with Gasteiger partial charge in [-0.3, -0.25) is 4.90 Å². The Balaban J connectivity index is 1.41. The van der Waals surface area contributed by atoms with Gasteiger partial charge in [0.15, 0.2) is 0 Å². The molecular weight excluding hydrogens is 427 g/mol. The minimum atomic E-state index is -4.52. The van der Waals surface area contributed by atoms with Crippen LogP contribution < -0.4 is 0 Å². The number of hydrogen-bond donors (Lipinski definition) is 0. The lowest BCUT2D eigenvalue weighted by molar-refractivity contribution is -0.137. The molecule has 0 radical (unpaired) electrons. The number of likely N-dealkylation sites (tertiary alicyclic amines) is 1. The van der Waals surface area contributed by atoms with Gasteiger partial charge < -0.3 is 4.52 Å². The van der Waals surface area contributed by atoms with Gasteiger partial charge in [-0.2, -0.15) is 18.2 Å². The first-order valence-electron chi connectivity index (χ1n) is 10.9. The highest BCUT2D eigenvalue weighted by atomic mass is 19.4. The van der Waals surface area contributed by atoms with Crippen molar-refractivity contribution >= 4 is 0 Å². The van der Waals surface area contributed by atoms with Gasteiger partial charge in [-0.1, -0.05) is 65.8 Å². The number of hydrogen-bond acceptors (Lipinski definition) is 4. The van der Waals surface area contributed by atoms with Gasteiger partial charge in [-0.05, 0) is 54.8 Å². The van der Waals surface area contributed by atoms with Gasteiger partial charge in [-0.15, -0.1) is 0 Å². The van der Waals surface area contributed by atoms with Crippen molar-refractivity contribution in [2.75, 3.05) is 13.1 Å². The zero-order valence-electron chi connectivity index (χ0n) is 17.8. The highest BCUT2D eigenvalue weighted by molar-refractivity contribution is 5.72. The summed E-state index contributed by atoms with van der Waals surface area (Å²) in [5, 5.41) is 3.99. The molecule has 1 aromatic heterocycles. The molecular formula is C26H22F3N3O. The molecule has 0 N–H and O–H groups in total. The summed E-state index contributed by atoms with van der Waals surface area (Å²) in [7, 11) is 0. The Labute approximate surface area is 189 Å². The zero-order chi connectivity index (χ0) is 22.8. The Morgan fingerprint density at radius 3 is 2.21 bits per heavy atom. The van der Waals surface area contributed by atoms with E-state index in [4.69, 9.17) is 4.52 Å². The first-order chi connectivity index (χ1) is 16.0. The third-order valence-corrected chi connectivity index (χ3v) is 5.90. The molecule has 168 valence electrons. The van der Waals surface area contributed by atoms with Crippen molar-refractivity contribution in [3.05, 3.63) is 83.9 Å². The fourth-order valence-electron chi connectivity index (χ4n) is 4.20. The first kappa shape index (κ1) is 21.4. The standard InChI is InChI=1S/C26H22F3N3O/c27-26(28,29)23-16-21(12-13-22(23)19-6-2-1-3-7-19)25-30-24(31-33-25)20-10-8-18(9-11-20)17-32-14-4-5-15-32/h1-3,6-13,16H,4-5,14-15,17H2. The number of alkyl halides is 3. The maximum atomic E-state index is 13.8. The number of benzene rings is 3. The third-order valence-electron chi connectivity index (χ3n) is 5.90. The summed E-state index contributed by atoms with van der Waals surface area (Å²) >= 11 is 0. The maximum Gasteiger partial charge on any atom is 0.417 e.